The lowest BCUT2D eigenvalue weighted by Gasteiger charge is -2.13. The van der Waals surface area contributed by atoms with E-state index in [1.165, 1.54) is 18.3 Å². The topological polar surface area (TPSA) is 113 Å². The summed E-state index contributed by atoms with van der Waals surface area (Å²) in [5, 5.41) is 0. The van der Waals surface area contributed by atoms with Crippen molar-refractivity contribution < 1.29 is 9.13 Å². The Balaban J connectivity index is 1.82. The number of nitrogens with two attached hydrogens (primary N) is 2. The van der Waals surface area contributed by atoms with Crippen molar-refractivity contribution in [3.63, 3.8) is 0 Å². The van der Waals surface area contributed by atoms with Crippen LogP contribution in [0.15, 0.2) is 67.1 Å². The highest BCUT2D eigenvalue weighted by molar-refractivity contribution is 5.76. The summed E-state index contributed by atoms with van der Waals surface area (Å²) in [6, 6.07) is 13.3. The highest BCUT2D eigenvalue weighted by Gasteiger charge is 2.12. The number of nitrogen functional groups attached to an aromatic ring is 2. The number of rotatable bonds is 4. The highest BCUT2D eigenvalue weighted by Crippen LogP contribution is 2.36. The van der Waals surface area contributed by atoms with Crippen LogP contribution in [0.5, 0.6) is 11.6 Å². The summed E-state index contributed by atoms with van der Waals surface area (Å²) in [5.74, 6) is 0.681. The molecule has 0 spiro atoms. The number of nitrogens with zero attached hydrogens (tertiary/aromatic N) is 4. The van der Waals surface area contributed by atoms with E-state index in [9.17, 15) is 4.39 Å². The standard InChI is InChI=1S/C20H15FN6O/c21-15-3-1-2-13(8-15)16-5-4-12(14-10-25-19(22)26-11-14)9-17(16)28-18-6-7-24-20(23)27-18/h1-11H,(H2,22,25,26)(H2,23,24,27). The van der Waals surface area contributed by atoms with Gasteiger partial charge in [0.15, 0.2) is 0 Å². The van der Waals surface area contributed by atoms with E-state index in [2.05, 4.69) is 19.9 Å². The third-order valence-electron chi connectivity index (χ3n) is 3.99. The molecule has 8 heteroatoms. The first kappa shape index (κ1) is 17.3. The molecule has 2 heterocycles. The van der Waals surface area contributed by atoms with Crippen LogP contribution in [0.1, 0.15) is 0 Å². The third-order valence-corrected chi connectivity index (χ3v) is 3.99. The molecule has 138 valence electrons. The first-order chi connectivity index (χ1) is 13.6. The van der Waals surface area contributed by atoms with E-state index in [0.717, 1.165) is 11.1 Å². The van der Waals surface area contributed by atoms with E-state index in [1.807, 2.05) is 12.1 Å². The predicted molar refractivity (Wildman–Crippen MR) is 104 cm³/mol. The molecule has 0 aliphatic carbocycles. The van der Waals surface area contributed by atoms with Crippen LogP contribution < -0.4 is 16.2 Å². The van der Waals surface area contributed by atoms with Gasteiger partial charge in [-0.3, -0.25) is 0 Å². The maximum absolute atomic E-state index is 13.7. The maximum atomic E-state index is 13.7. The van der Waals surface area contributed by atoms with Gasteiger partial charge in [0.25, 0.3) is 0 Å². The molecule has 0 amide bonds. The lowest BCUT2D eigenvalue weighted by Crippen LogP contribution is -1.97. The van der Waals surface area contributed by atoms with E-state index in [0.29, 0.717) is 16.9 Å². The molecule has 0 saturated heterocycles. The normalized spacial score (nSPS) is 10.6. The summed E-state index contributed by atoms with van der Waals surface area (Å²) < 4.78 is 19.7. The Bertz CT molecular complexity index is 1130. The Kier molecular flexibility index (Phi) is 4.51. The van der Waals surface area contributed by atoms with Crippen molar-refractivity contribution in [3.8, 4) is 33.9 Å². The molecule has 0 radical (unpaired) electrons. The van der Waals surface area contributed by atoms with Crippen molar-refractivity contribution in [1.29, 1.82) is 0 Å². The van der Waals surface area contributed by atoms with Gasteiger partial charge in [0.2, 0.25) is 17.8 Å². The first-order valence-corrected chi connectivity index (χ1v) is 8.33. The molecule has 4 rings (SSSR count). The Morgan fingerprint density at radius 3 is 2.36 bits per heavy atom. The highest BCUT2D eigenvalue weighted by atomic mass is 19.1. The number of hydrogen-bond acceptors (Lipinski definition) is 7. The monoisotopic (exact) mass is 374 g/mol. The van der Waals surface area contributed by atoms with Crippen molar-refractivity contribution in [2.45, 2.75) is 0 Å². The molecule has 4 N–H and O–H groups in total. The van der Waals surface area contributed by atoms with Gasteiger partial charge in [-0.1, -0.05) is 24.3 Å². The fourth-order valence-corrected chi connectivity index (χ4v) is 2.69. The zero-order valence-electron chi connectivity index (χ0n) is 14.6. The zero-order valence-corrected chi connectivity index (χ0v) is 14.6. The average Bonchev–Trinajstić information content (AvgIpc) is 2.68. The molecule has 0 bridgehead atoms. The minimum absolute atomic E-state index is 0.0906. The van der Waals surface area contributed by atoms with Gasteiger partial charge >= 0.3 is 0 Å². The minimum atomic E-state index is -0.342. The van der Waals surface area contributed by atoms with Gasteiger partial charge in [-0.05, 0) is 29.3 Å². The van der Waals surface area contributed by atoms with E-state index < -0.39 is 0 Å². The Morgan fingerprint density at radius 1 is 0.786 bits per heavy atom. The summed E-state index contributed by atoms with van der Waals surface area (Å²) in [6.07, 6.45) is 4.73. The fraction of sp³-hybridized carbons (Fsp3) is 0. The van der Waals surface area contributed by atoms with Crippen LogP contribution >= 0.6 is 0 Å². The van der Waals surface area contributed by atoms with Crippen LogP contribution in [0.3, 0.4) is 0 Å². The van der Waals surface area contributed by atoms with E-state index in [-0.39, 0.29) is 23.6 Å². The number of aromatic nitrogens is 4. The lowest BCUT2D eigenvalue weighted by atomic mass is 10.0. The summed E-state index contributed by atoms with van der Waals surface area (Å²) >= 11 is 0. The smallest absolute Gasteiger partial charge is 0.224 e. The van der Waals surface area contributed by atoms with Crippen molar-refractivity contribution in [1.82, 2.24) is 19.9 Å². The second-order valence-electron chi connectivity index (χ2n) is 5.91. The number of anilines is 2. The SMILES string of the molecule is Nc1ncc(-c2ccc(-c3cccc(F)c3)c(Oc3ccnc(N)n3)c2)cn1. The van der Waals surface area contributed by atoms with Crippen LogP contribution in [-0.2, 0) is 0 Å². The zero-order chi connectivity index (χ0) is 19.5. The van der Waals surface area contributed by atoms with Crippen LogP contribution in [0.25, 0.3) is 22.3 Å². The summed E-state index contributed by atoms with van der Waals surface area (Å²) in [6.45, 7) is 0. The molecule has 28 heavy (non-hydrogen) atoms. The molecule has 0 aliphatic rings. The van der Waals surface area contributed by atoms with Gasteiger partial charge in [-0.15, -0.1) is 0 Å². The third kappa shape index (κ3) is 3.70. The minimum Gasteiger partial charge on any atom is -0.438 e. The van der Waals surface area contributed by atoms with E-state index in [1.54, 1.807) is 36.7 Å². The Morgan fingerprint density at radius 2 is 1.61 bits per heavy atom. The number of ether oxygens (including phenoxy) is 1. The summed E-state index contributed by atoms with van der Waals surface area (Å²) in [4.78, 5) is 15.9. The number of halogens is 1. The Labute approximate surface area is 159 Å². The lowest BCUT2D eigenvalue weighted by molar-refractivity contribution is 0.464. The maximum Gasteiger partial charge on any atom is 0.224 e. The van der Waals surface area contributed by atoms with Crippen LogP contribution in [0.4, 0.5) is 16.3 Å². The largest absolute Gasteiger partial charge is 0.438 e. The van der Waals surface area contributed by atoms with Crippen molar-refractivity contribution in [3.05, 3.63) is 72.9 Å². The van der Waals surface area contributed by atoms with Gasteiger partial charge in [0, 0.05) is 35.8 Å². The molecule has 0 fully saturated rings. The van der Waals surface area contributed by atoms with E-state index in [4.69, 9.17) is 16.2 Å². The fourth-order valence-electron chi connectivity index (χ4n) is 2.69. The molecule has 2 aromatic carbocycles. The first-order valence-electron chi connectivity index (χ1n) is 8.33. The van der Waals surface area contributed by atoms with Gasteiger partial charge in [0.05, 0.1) is 0 Å². The molecule has 7 nitrogen and oxygen atoms in total. The predicted octanol–water partition coefficient (Wildman–Crippen LogP) is 3.70. The summed E-state index contributed by atoms with van der Waals surface area (Å²) in [5.41, 5.74) is 14.1. The molecule has 0 atom stereocenters. The second-order valence-corrected chi connectivity index (χ2v) is 5.91. The Hall–Kier alpha value is -4.07. The number of hydrogen-bond donors (Lipinski definition) is 2. The molecular formula is C20H15FN6O. The van der Waals surface area contributed by atoms with Crippen LogP contribution in [0, 0.1) is 5.82 Å². The van der Waals surface area contributed by atoms with Crippen molar-refractivity contribution in [2.75, 3.05) is 11.5 Å². The van der Waals surface area contributed by atoms with Gasteiger partial charge in [-0.2, -0.15) is 4.98 Å². The van der Waals surface area contributed by atoms with E-state index >= 15 is 0 Å². The number of benzene rings is 2. The van der Waals surface area contributed by atoms with Gasteiger partial charge < -0.3 is 16.2 Å². The molecular weight excluding hydrogens is 359 g/mol. The van der Waals surface area contributed by atoms with Crippen LogP contribution in [-0.4, -0.2) is 19.9 Å². The molecule has 0 unspecified atom stereocenters. The molecule has 0 aliphatic heterocycles. The quantitative estimate of drug-likeness (QED) is 0.560. The van der Waals surface area contributed by atoms with Gasteiger partial charge in [-0.25, -0.2) is 19.3 Å². The van der Waals surface area contributed by atoms with Crippen molar-refractivity contribution >= 4 is 11.9 Å². The molecule has 4 aromatic rings. The van der Waals surface area contributed by atoms with Crippen molar-refractivity contribution in [2.24, 2.45) is 0 Å². The summed E-state index contributed by atoms with van der Waals surface area (Å²) in [7, 11) is 0. The molecule has 2 aromatic heterocycles. The molecule has 0 saturated carbocycles. The van der Waals surface area contributed by atoms with Gasteiger partial charge in [0.1, 0.15) is 11.6 Å². The average molecular weight is 374 g/mol. The second kappa shape index (κ2) is 7.28. The van der Waals surface area contributed by atoms with Crippen LogP contribution in [0.2, 0.25) is 0 Å².